The summed E-state index contributed by atoms with van der Waals surface area (Å²) in [5, 5.41) is 3.29. The SMILES string of the molecule is O=C(c1cccnc1Cl)N1CCCN1C(=O)C1(c2ccccc2)CC1. The van der Waals surface area contributed by atoms with Crippen LogP contribution in [-0.4, -0.2) is 39.9 Å². The van der Waals surface area contributed by atoms with E-state index >= 15 is 0 Å². The highest BCUT2D eigenvalue weighted by atomic mass is 35.5. The zero-order valence-corrected chi connectivity index (χ0v) is 14.4. The largest absolute Gasteiger partial charge is 0.275 e. The lowest BCUT2D eigenvalue weighted by atomic mass is 9.95. The van der Waals surface area contributed by atoms with Crippen molar-refractivity contribution in [2.24, 2.45) is 0 Å². The highest BCUT2D eigenvalue weighted by Gasteiger charge is 2.54. The first-order valence-corrected chi connectivity index (χ1v) is 8.81. The molecule has 1 saturated heterocycles. The third kappa shape index (κ3) is 2.68. The van der Waals surface area contributed by atoms with Crippen molar-refractivity contribution < 1.29 is 9.59 Å². The van der Waals surface area contributed by atoms with Crippen molar-refractivity contribution in [3.8, 4) is 0 Å². The highest BCUT2D eigenvalue weighted by molar-refractivity contribution is 6.32. The Balaban J connectivity index is 1.61. The molecule has 2 aliphatic rings. The number of benzene rings is 1. The van der Waals surface area contributed by atoms with Gasteiger partial charge in [0.2, 0.25) is 0 Å². The van der Waals surface area contributed by atoms with Crippen LogP contribution in [0.5, 0.6) is 0 Å². The van der Waals surface area contributed by atoms with E-state index in [1.54, 1.807) is 23.3 Å². The third-order valence-corrected chi connectivity index (χ3v) is 5.28. The van der Waals surface area contributed by atoms with Crippen LogP contribution in [0.15, 0.2) is 48.7 Å². The number of carbonyl (C=O) groups excluding carboxylic acids is 2. The van der Waals surface area contributed by atoms with Crippen LogP contribution >= 0.6 is 11.6 Å². The van der Waals surface area contributed by atoms with Crippen molar-refractivity contribution in [2.45, 2.75) is 24.7 Å². The van der Waals surface area contributed by atoms with E-state index in [4.69, 9.17) is 11.6 Å². The van der Waals surface area contributed by atoms with Crippen molar-refractivity contribution in [3.63, 3.8) is 0 Å². The van der Waals surface area contributed by atoms with E-state index in [0.29, 0.717) is 18.7 Å². The molecule has 1 aromatic heterocycles. The van der Waals surface area contributed by atoms with Gasteiger partial charge in [-0.25, -0.2) is 9.99 Å². The second-order valence-electron chi connectivity index (χ2n) is 6.50. The number of pyridine rings is 1. The Hall–Kier alpha value is -2.40. The first kappa shape index (κ1) is 16.1. The zero-order chi connectivity index (χ0) is 17.4. The Labute approximate surface area is 151 Å². The van der Waals surface area contributed by atoms with Crippen LogP contribution in [0.2, 0.25) is 5.15 Å². The van der Waals surface area contributed by atoms with Gasteiger partial charge < -0.3 is 0 Å². The molecule has 0 radical (unpaired) electrons. The molecule has 2 fully saturated rings. The Kier molecular flexibility index (Phi) is 3.96. The summed E-state index contributed by atoms with van der Waals surface area (Å²) < 4.78 is 0. The molecule has 25 heavy (non-hydrogen) atoms. The molecule has 0 spiro atoms. The van der Waals surface area contributed by atoms with Crippen molar-refractivity contribution in [3.05, 3.63) is 64.9 Å². The minimum Gasteiger partial charge on any atom is -0.272 e. The van der Waals surface area contributed by atoms with Gasteiger partial charge in [-0.1, -0.05) is 41.9 Å². The second-order valence-corrected chi connectivity index (χ2v) is 6.86. The lowest BCUT2D eigenvalue weighted by Crippen LogP contribution is -2.49. The molecule has 6 heteroatoms. The Morgan fingerprint density at radius 1 is 1.00 bits per heavy atom. The molecule has 1 aliphatic carbocycles. The first-order chi connectivity index (χ1) is 12.1. The monoisotopic (exact) mass is 355 g/mol. The van der Waals surface area contributed by atoms with Crippen LogP contribution in [-0.2, 0) is 10.2 Å². The topological polar surface area (TPSA) is 53.5 Å². The van der Waals surface area contributed by atoms with E-state index in [2.05, 4.69) is 4.98 Å². The van der Waals surface area contributed by atoms with Crippen molar-refractivity contribution in [1.82, 2.24) is 15.0 Å². The smallest absolute Gasteiger partial charge is 0.272 e. The van der Waals surface area contributed by atoms with E-state index in [9.17, 15) is 9.59 Å². The summed E-state index contributed by atoms with van der Waals surface area (Å²) in [6.07, 6.45) is 3.95. The number of nitrogens with zero attached hydrogens (tertiary/aromatic N) is 3. The Morgan fingerprint density at radius 2 is 1.72 bits per heavy atom. The molecule has 5 nitrogen and oxygen atoms in total. The van der Waals surface area contributed by atoms with Gasteiger partial charge in [0, 0.05) is 19.3 Å². The fraction of sp³-hybridized carbons (Fsp3) is 0.316. The number of halogens is 1. The molecule has 0 bridgehead atoms. The van der Waals surface area contributed by atoms with E-state index < -0.39 is 5.41 Å². The maximum absolute atomic E-state index is 13.2. The maximum Gasteiger partial charge on any atom is 0.275 e. The van der Waals surface area contributed by atoms with Gasteiger partial charge in [0.1, 0.15) is 5.15 Å². The minimum absolute atomic E-state index is 0.00422. The molecule has 0 N–H and O–H groups in total. The number of hydrogen-bond acceptors (Lipinski definition) is 3. The molecule has 2 aromatic rings. The van der Waals surface area contributed by atoms with E-state index in [1.165, 1.54) is 5.01 Å². The number of aromatic nitrogens is 1. The molecule has 1 aliphatic heterocycles. The molecule has 128 valence electrons. The molecule has 1 saturated carbocycles. The number of amides is 2. The minimum atomic E-state index is -0.483. The summed E-state index contributed by atoms with van der Waals surface area (Å²) in [4.78, 5) is 30.1. The van der Waals surface area contributed by atoms with Crippen LogP contribution in [0.4, 0.5) is 0 Å². The van der Waals surface area contributed by atoms with Gasteiger partial charge in [0.05, 0.1) is 11.0 Å². The van der Waals surface area contributed by atoms with Crippen LogP contribution in [0, 0.1) is 0 Å². The van der Waals surface area contributed by atoms with Crippen LogP contribution in [0.1, 0.15) is 35.2 Å². The standard InChI is InChI=1S/C19H18ClN3O2/c20-16-15(8-4-11-21-16)17(24)22-12-5-13-23(22)18(25)19(9-10-19)14-6-2-1-3-7-14/h1-4,6-8,11H,5,9-10,12-13H2. The number of hydrogen-bond donors (Lipinski definition) is 0. The van der Waals surface area contributed by atoms with Gasteiger partial charge in [0.15, 0.2) is 0 Å². The van der Waals surface area contributed by atoms with Gasteiger partial charge >= 0.3 is 0 Å². The molecule has 0 unspecified atom stereocenters. The lowest BCUT2D eigenvalue weighted by Gasteiger charge is -2.31. The Morgan fingerprint density at radius 3 is 2.40 bits per heavy atom. The normalized spacial score (nSPS) is 18.3. The number of hydrazine groups is 1. The first-order valence-electron chi connectivity index (χ1n) is 8.43. The van der Waals surface area contributed by atoms with Crippen molar-refractivity contribution in [2.75, 3.05) is 13.1 Å². The van der Waals surface area contributed by atoms with Crippen molar-refractivity contribution in [1.29, 1.82) is 0 Å². The van der Waals surface area contributed by atoms with Crippen LogP contribution < -0.4 is 0 Å². The van der Waals surface area contributed by atoms with Crippen molar-refractivity contribution >= 4 is 23.4 Å². The fourth-order valence-corrected chi connectivity index (χ4v) is 3.67. The van der Waals surface area contributed by atoms with Gasteiger partial charge in [-0.05, 0) is 37.0 Å². The third-order valence-electron chi connectivity index (χ3n) is 4.98. The number of rotatable bonds is 3. The van der Waals surface area contributed by atoms with Gasteiger partial charge in [-0.2, -0.15) is 0 Å². The average Bonchev–Trinajstić information content (AvgIpc) is 3.32. The highest BCUT2D eigenvalue weighted by Crippen LogP contribution is 2.50. The molecule has 0 atom stereocenters. The second kappa shape index (κ2) is 6.15. The van der Waals surface area contributed by atoms with E-state index in [-0.39, 0.29) is 17.0 Å². The summed E-state index contributed by atoms with van der Waals surface area (Å²) in [7, 11) is 0. The summed E-state index contributed by atoms with van der Waals surface area (Å²) >= 11 is 6.06. The summed E-state index contributed by atoms with van der Waals surface area (Å²) in [6, 6.07) is 13.1. The quantitative estimate of drug-likeness (QED) is 0.795. The summed E-state index contributed by atoms with van der Waals surface area (Å²) in [6.45, 7) is 1.07. The molecule has 1 aromatic carbocycles. The predicted octanol–water partition coefficient (Wildman–Crippen LogP) is 3.06. The van der Waals surface area contributed by atoms with Gasteiger partial charge in [-0.15, -0.1) is 0 Å². The zero-order valence-electron chi connectivity index (χ0n) is 13.7. The molecular weight excluding hydrogens is 338 g/mol. The maximum atomic E-state index is 13.2. The molecule has 2 heterocycles. The molecular formula is C19H18ClN3O2. The lowest BCUT2D eigenvalue weighted by molar-refractivity contribution is -0.143. The predicted molar refractivity (Wildman–Crippen MR) is 94.0 cm³/mol. The number of carbonyl (C=O) groups is 2. The summed E-state index contributed by atoms with van der Waals surface area (Å²) in [5.41, 5.74) is 0.871. The van der Waals surface area contributed by atoms with Crippen LogP contribution in [0.25, 0.3) is 0 Å². The molecule has 2 amide bonds. The van der Waals surface area contributed by atoms with E-state index in [0.717, 1.165) is 24.8 Å². The van der Waals surface area contributed by atoms with Gasteiger partial charge in [-0.3, -0.25) is 14.6 Å². The van der Waals surface area contributed by atoms with Gasteiger partial charge in [0.25, 0.3) is 11.8 Å². The molecule has 4 rings (SSSR count). The Bertz CT molecular complexity index is 820. The van der Waals surface area contributed by atoms with E-state index in [1.807, 2.05) is 30.3 Å². The van der Waals surface area contributed by atoms with Crippen LogP contribution in [0.3, 0.4) is 0 Å². The average molecular weight is 356 g/mol. The summed E-state index contributed by atoms with van der Waals surface area (Å²) in [5.74, 6) is -0.266. The fourth-order valence-electron chi connectivity index (χ4n) is 3.47.